The highest BCUT2D eigenvalue weighted by molar-refractivity contribution is 5.20. The van der Waals surface area contributed by atoms with Crippen molar-refractivity contribution < 1.29 is 9.13 Å². The highest BCUT2D eigenvalue weighted by atomic mass is 19.1. The topological polar surface area (TPSA) is 21.3 Å². The number of ether oxygens (including phenoxy) is 1. The molecule has 0 heterocycles. The molecule has 0 spiro atoms. The maximum Gasteiger partial charge on any atom is 0.123 e. The first kappa shape index (κ1) is 13.1. The van der Waals surface area contributed by atoms with Crippen LogP contribution in [0.5, 0.6) is 0 Å². The molecule has 1 unspecified atom stereocenters. The van der Waals surface area contributed by atoms with Crippen molar-refractivity contribution in [2.75, 3.05) is 19.8 Å². The lowest BCUT2D eigenvalue weighted by Gasteiger charge is -2.18. The Hall–Kier alpha value is -0.930. The van der Waals surface area contributed by atoms with Crippen LogP contribution in [0.1, 0.15) is 31.9 Å². The lowest BCUT2D eigenvalue weighted by Crippen LogP contribution is -2.25. The molecule has 0 amide bonds. The average Bonchev–Trinajstić information content (AvgIpc) is 2.28. The van der Waals surface area contributed by atoms with Crippen molar-refractivity contribution in [2.24, 2.45) is 0 Å². The van der Waals surface area contributed by atoms with E-state index in [4.69, 9.17) is 4.74 Å². The van der Waals surface area contributed by atoms with E-state index in [-0.39, 0.29) is 11.9 Å². The Balaban J connectivity index is 2.61. The summed E-state index contributed by atoms with van der Waals surface area (Å²) < 4.78 is 18.6. The van der Waals surface area contributed by atoms with Crippen molar-refractivity contribution in [3.05, 3.63) is 35.6 Å². The number of hydrogen-bond donors (Lipinski definition) is 1. The van der Waals surface area contributed by atoms with Gasteiger partial charge in [-0.3, -0.25) is 0 Å². The van der Waals surface area contributed by atoms with Gasteiger partial charge in [-0.25, -0.2) is 4.39 Å². The summed E-state index contributed by atoms with van der Waals surface area (Å²) in [4.78, 5) is 0. The number of hydrogen-bond acceptors (Lipinski definition) is 2. The fourth-order valence-electron chi connectivity index (χ4n) is 1.59. The number of likely N-dealkylation sites (N-methyl/N-ethyl adjacent to an activating group) is 1. The van der Waals surface area contributed by atoms with Gasteiger partial charge in [-0.2, -0.15) is 0 Å². The van der Waals surface area contributed by atoms with Crippen molar-refractivity contribution in [3.63, 3.8) is 0 Å². The first-order valence-electron chi connectivity index (χ1n) is 5.84. The Kier molecular flexibility index (Phi) is 6.04. The molecule has 0 aliphatic heterocycles. The zero-order valence-corrected chi connectivity index (χ0v) is 10.0. The van der Waals surface area contributed by atoms with Gasteiger partial charge in [0, 0.05) is 6.61 Å². The van der Waals surface area contributed by atoms with E-state index in [0.29, 0.717) is 6.61 Å². The van der Waals surface area contributed by atoms with Crippen molar-refractivity contribution in [2.45, 2.75) is 26.3 Å². The highest BCUT2D eigenvalue weighted by Crippen LogP contribution is 2.14. The van der Waals surface area contributed by atoms with Gasteiger partial charge in [0.05, 0.1) is 12.6 Å². The SMILES string of the molecule is CCCOCC(NCC)c1cccc(F)c1. The number of rotatable bonds is 7. The zero-order chi connectivity index (χ0) is 11.8. The van der Waals surface area contributed by atoms with E-state index >= 15 is 0 Å². The molecule has 0 aliphatic rings. The van der Waals surface area contributed by atoms with Crippen molar-refractivity contribution >= 4 is 0 Å². The van der Waals surface area contributed by atoms with E-state index in [1.807, 2.05) is 13.0 Å². The molecule has 16 heavy (non-hydrogen) atoms. The van der Waals surface area contributed by atoms with E-state index in [1.165, 1.54) is 6.07 Å². The van der Waals surface area contributed by atoms with Crippen molar-refractivity contribution in [1.29, 1.82) is 0 Å². The monoisotopic (exact) mass is 225 g/mol. The quantitative estimate of drug-likeness (QED) is 0.720. The normalized spacial score (nSPS) is 12.7. The molecular formula is C13H20FNO. The third-order valence-corrected chi connectivity index (χ3v) is 2.33. The van der Waals surface area contributed by atoms with Gasteiger partial charge in [-0.15, -0.1) is 0 Å². The van der Waals surface area contributed by atoms with Crippen molar-refractivity contribution in [1.82, 2.24) is 5.32 Å². The second-order valence-electron chi connectivity index (χ2n) is 3.74. The summed E-state index contributed by atoms with van der Waals surface area (Å²) in [6, 6.07) is 6.75. The summed E-state index contributed by atoms with van der Waals surface area (Å²) in [5, 5.41) is 3.29. The fourth-order valence-corrected chi connectivity index (χ4v) is 1.59. The molecule has 1 aromatic rings. The van der Waals surface area contributed by atoms with Crippen LogP contribution in [0.2, 0.25) is 0 Å². The number of nitrogens with one attached hydrogen (secondary N) is 1. The standard InChI is InChI=1S/C13H20FNO/c1-3-8-16-10-13(15-4-2)11-6-5-7-12(14)9-11/h5-7,9,13,15H,3-4,8,10H2,1-2H3. The van der Waals surface area contributed by atoms with Crippen LogP contribution in [0.4, 0.5) is 4.39 Å². The first-order valence-corrected chi connectivity index (χ1v) is 5.84. The Labute approximate surface area is 96.8 Å². The lowest BCUT2D eigenvalue weighted by molar-refractivity contribution is 0.112. The third kappa shape index (κ3) is 4.29. The van der Waals surface area contributed by atoms with Crippen LogP contribution in [-0.2, 0) is 4.74 Å². The molecule has 1 N–H and O–H groups in total. The summed E-state index contributed by atoms with van der Waals surface area (Å²) >= 11 is 0. The Morgan fingerprint density at radius 3 is 2.81 bits per heavy atom. The molecule has 0 fully saturated rings. The van der Waals surface area contributed by atoms with E-state index < -0.39 is 0 Å². The predicted octanol–water partition coefficient (Wildman–Crippen LogP) is 2.90. The molecule has 0 radical (unpaired) electrons. The second kappa shape index (κ2) is 7.36. The second-order valence-corrected chi connectivity index (χ2v) is 3.74. The lowest BCUT2D eigenvalue weighted by atomic mass is 10.1. The smallest absolute Gasteiger partial charge is 0.123 e. The van der Waals surface area contributed by atoms with Gasteiger partial charge in [-0.05, 0) is 30.7 Å². The van der Waals surface area contributed by atoms with Gasteiger partial charge in [-0.1, -0.05) is 26.0 Å². The van der Waals surface area contributed by atoms with E-state index in [2.05, 4.69) is 12.2 Å². The fraction of sp³-hybridized carbons (Fsp3) is 0.538. The predicted molar refractivity (Wildman–Crippen MR) is 63.9 cm³/mol. The molecule has 90 valence electrons. The van der Waals surface area contributed by atoms with Gasteiger partial charge in [0.2, 0.25) is 0 Å². The molecule has 0 aromatic heterocycles. The molecule has 0 aliphatic carbocycles. The molecule has 0 saturated heterocycles. The molecule has 2 nitrogen and oxygen atoms in total. The minimum Gasteiger partial charge on any atom is -0.379 e. The highest BCUT2D eigenvalue weighted by Gasteiger charge is 2.10. The summed E-state index contributed by atoms with van der Waals surface area (Å²) in [7, 11) is 0. The molecule has 0 bridgehead atoms. The molecule has 1 rings (SSSR count). The average molecular weight is 225 g/mol. The Morgan fingerprint density at radius 1 is 1.38 bits per heavy atom. The third-order valence-electron chi connectivity index (χ3n) is 2.33. The Bertz CT molecular complexity index is 304. The summed E-state index contributed by atoms with van der Waals surface area (Å²) in [5.41, 5.74) is 0.943. The number of halogens is 1. The Morgan fingerprint density at radius 2 is 2.19 bits per heavy atom. The van der Waals surface area contributed by atoms with Crippen LogP contribution in [0.3, 0.4) is 0 Å². The van der Waals surface area contributed by atoms with Crippen molar-refractivity contribution in [3.8, 4) is 0 Å². The van der Waals surface area contributed by atoms with Crippen LogP contribution in [0.25, 0.3) is 0 Å². The van der Waals surface area contributed by atoms with Gasteiger partial charge in [0.25, 0.3) is 0 Å². The van der Waals surface area contributed by atoms with Gasteiger partial charge >= 0.3 is 0 Å². The van der Waals surface area contributed by atoms with E-state index in [0.717, 1.165) is 25.1 Å². The summed E-state index contributed by atoms with van der Waals surface area (Å²) in [6.45, 7) is 6.29. The largest absolute Gasteiger partial charge is 0.379 e. The zero-order valence-electron chi connectivity index (χ0n) is 10.0. The first-order chi connectivity index (χ1) is 7.77. The van der Waals surface area contributed by atoms with Crippen LogP contribution < -0.4 is 5.32 Å². The van der Waals surface area contributed by atoms with E-state index in [1.54, 1.807) is 12.1 Å². The van der Waals surface area contributed by atoms with Gasteiger partial charge in [0.15, 0.2) is 0 Å². The maximum absolute atomic E-state index is 13.1. The summed E-state index contributed by atoms with van der Waals surface area (Å²) in [6.07, 6.45) is 1.00. The summed E-state index contributed by atoms with van der Waals surface area (Å²) in [5.74, 6) is -0.198. The van der Waals surface area contributed by atoms with Crippen LogP contribution in [-0.4, -0.2) is 19.8 Å². The minimum absolute atomic E-state index is 0.0762. The van der Waals surface area contributed by atoms with Crippen LogP contribution in [0, 0.1) is 5.82 Å². The maximum atomic E-state index is 13.1. The van der Waals surface area contributed by atoms with Gasteiger partial charge < -0.3 is 10.1 Å². The van der Waals surface area contributed by atoms with Crippen LogP contribution in [0.15, 0.2) is 24.3 Å². The number of benzene rings is 1. The minimum atomic E-state index is -0.198. The molecular weight excluding hydrogens is 205 g/mol. The van der Waals surface area contributed by atoms with E-state index in [9.17, 15) is 4.39 Å². The molecule has 3 heteroatoms. The molecule has 0 saturated carbocycles. The van der Waals surface area contributed by atoms with Crippen LogP contribution >= 0.6 is 0 Å². The molecule has 1 atom stereocenters. The van der Waals surface area contributed by atoms with Gasteiger partial charge in [0.1, 0.15) is 5.82 Å². The molecule has 1 aromatic carbocycles.